The number of carbonyl (C=O) groups is 2. The summed E-state index contributed by atoms with van der Waals surface area (Å²) < 4.78 is 10.7. The van der Waals surface area contributed by atoms with E-state index in [0.29, 0.717) is 35.0 Å². The summed E-state index contributed by atoms with van der Waals surface area (Å²) in [6, 6.07) is 12.5. The van der Waals surface area contributed by atoms with E-state index in [9.17, 15) is 9.59 Å². The van der Waals surface area contributed by atoms with Crippen LogP contribution in [0.3, 0.4) is 0 Å². The van der Waals surface area contributed by atoms with Gasteiger partial charge in [-0.3, -0.25) is 9.59 Å². The number of amides is 2. The van der Waals surface area contributed by atoms with E-state index in [-0.39, 0.29) is 18.4 Å². The van der Waals surface area contributed by atoms with E-state index in [2.05, 4.69) is 15.8 Å². The van der Waals surface area contributed by atoms with E-state index in [1.165, 1.54) is 0 Å². The minimum Gasteiger partial charge on any atom is -0.496 e. The molecule has 2 N–H and O–H groups in total. The lowest BCUT2D eigenvalue weighted by Gasteiger charge is -2.22. The number of ether oxygens (including phenoxy) is 2. The third-order valence-corrected chi connectivity index (χ3v) is 4.63. The number of oxime groups is 1. The van der Waals surface area contributed by atoms with Crippen LogP contribution in [-0.2, 0) is 14.4 Å². The van der Waals surface area contributed by atoms with Crippen LogP contribution in [0.25, 0.3) is 0 Å². The van der Waals surface area contributed by atoms with Gasteiger partial charge in [0, 0.05) is 23.7 Å². The lowest BCUT2D eigenvalue weighted by atomic mass is 9.94. The van der Waals surface area contributed by atoms with Crippen molar-refractivity contribution in [2.45, 2.75) is 18.9 Å². The van der Waals surface area contributed by atoms with Crippen molar-refractivity contribution in [3.05, 3.63) is 48.0 Å². The maximum atomic E-state index is 12.8. The molecule has 2 aliphatic heterocycles. The maximum Gasteiger partial charge on any atom is 0.271 e. The number of para-hydroxylation sites is 1. The smallest absolute Gasteiger partial charge is 0.271 e. The average molecular weight is 381 g/mol. The van der Waals surface area contributed by atoms with Crippen molar-refractivity contribution in [2.24, 2.45) is 5.16 Å². The number of methoxy groups -OCH3 is 1. The number of anilines is 2. The molecule has 0 saturated heterocycles. The van der Waals surface area contributed by atoms with Crippen LogP contribution in [0.1, 0.15) is 18.9 Å². The highest BCUT2D eigenvalue weighted by Gasteiger charge is 2.43. The van der Waals surface area contributed by atoms with Crippen LogP contribution in [0.15, 0.2) is 47.6 Å². The zero-order chi connectivity index (χ0) is 19.7. The molecule has 0 aliphatic carbocycles. The molecule has 28 heavy (non-hydrogen) atoms. The molecule has 0 aromatic heterocycles. The number of hydrogen-bond acceptors (Lipinski definition) is 6. The molecule has 0 fully saturated rings. The van der Waals surface area contributed by atoms with Crippen molar-refractivity contribution in [3.8, 4) is 11.5 Å². The van der Waals surface area contributed by atoms with Gasteiger partial charge in [0.05, 0.1) is 18.5 Å². The summed E-state index contributed by atoms with van der Waals surface area (Å²) in [6.45, 7) is 1.63. The molecule has 2 aromatic carbocycles. The fourth-order valence-corrected chi connectivity index (χ4v) is 3.10. The molecular formula is C20H19N3O5. The third-order valence-electron chi connectivity index (χ3n) is 4.63. The summed E-state index contributed by atoms with van der Waals surface area (Å²) >= 11 is 0. The van der Waals surface area contributed by atoms with Gasteiger partial charge < -0.3 is 24.9 Å². The largest absolute Gasteiger partial charge is 0.496 e. The highest BCUT2D eigenvalue weighted by Crippen LogP contribution is 2.33. The van der Waals surface area contributed by atoms with Gasteiger partial charge in [-0.2, -0.15) is 0 Å². The number of nitrogens with zero attached hydrogens (tertiary/aromatic N) is 1. The first kappa shape index (κ1) is 17.8. The van der Waals surface area contributed by atoms with Gasteiger partial charge in [0.15, 0.2) is 6.61 Å². The van der Waals surface area contributed by atoms with Gasteiger partial charge in [0.25, 0.3) is 11.8 Å². The number of rotatable bonds is 4. The van der Waals surface area contributed by atoms with Crippen LogP contribution in [-0.4, -0.2) is 36.8 Å². The Morgan fingerprint density at radius 2 is 2.11 bits per heavy atom. The Balaban J connectivity index is 1.48. The van der Waals surface area contributed by atoms with Gasteiger partial charge >= 0.3 is 0 Å². The Morgan fingerprint density at radius 3 is 2.93 bits per heavy atom. The van der Waals surface area contributed by atoms with Gasteiger partial charge in [-0.1, -0.05) is 17.3 Å². The van der Waals surface area contributed by atoms with Crippen LogP contribution < -0.4 is 20.1 Å². The minimum absolute atomic E-state index is 0.0542. The van der Waals surface area contributed by atoms with Crippen molar-refractivity contribution < 1.29 is 23.9 Å². The Labute approximate surface area is 161 Å². The lowest BCUT2D eigenvalue weighted by molar-refractivity contribution is -0.135. The quantitative estimate of drug-likeness (QED) is 0.848. The normalized spacial score (nSPS) is 20.2. The van der Waals surface area contributed by atoms with Gasteiger partial charge in [-0.25, -0.2) is 0 Å². The van der Waals surface area contributed by atoms with Crippen molar-refractivity contribution in [1.82, 2.24) is 0 Å². The van der Waals surface area contributed by atoms with E-state index in [1.54, 1.807) is 32.2 Å². The summed E-state index contributed by atoms with van der Waals surface area (Å²) in [5.74, 6) is 0.627. The van der Waals surface area contributed by atoms with Gasteiger partial charge in [0.1, 0.15) is 11.5 Å². The summed E-state index contributed by atoms with van der Waals surface area (Å²) in [7, 11) is 1.59. The van der Waals surface area contributed by atoms with E-state index in [0.717, 1.165) is 5.56 Å². The number of fused-ring (bicyclic) bond motifs is 1. The molecule has 2 aliphatic rings. The molecule has 2 heterocycles. The summed E-state index contributed by atoms with van der Waals surface area (Å²) in [6.07, 6.45) is 0.302. The molecule has 0 bridgehead atoms. The fraction of sp³-hybridized carbons (Fsp3) is 0.250. The Hall–Kier alpha value is -3.55. The molecule has 4 rings (SSSR count). The molecule has 2 amide bonds. The van der Waals surface area contributed by atoms with Crippen molar-refractivity contribution in [2.75, 3.05) is 24.4 Å². The van der Waals surface area contributed by atoms with Gasteiger partial charge in [-0.05, 0) is 31.2 Å². The maximum absolute atomic E-state index is 12.8. The van der Waals surface area contributed by atoms with E-state index < -0.39 is 5.60 Å². The molecule has 1 atom stereocenters. The Bertz CT molecular complexity index is 988. The monoisotopic (exact) mass is 381 g/mol. The van der Waals surface area contributed by atoms with Crippen LogP contribution in [0.2, 0.25) is 0 Å². The standard InChI is InChI=1S/C20H19N3O5/c1-20(10-15(23-28-20)13-5-3-4-6-16(13)26-2)19(25)21-12-7-8-14-17(9-12)27-11-18(24)22-14/h3-9H,10-11H2,1-2H3,(H,21,25)(H,22,24)/t20-/m0/s1. The zero-order valence-electron chi connectivity index (χ0n) is 15.4. The van der Waals surface area contributed by atoms with Crippen LogP contribution in [0.5, 0.6) is 11.5 Å². The van der Waals surface area contributed by atoms with Crippen LogP contribution in [0, 0.1) is 0 Å². The number of hydrogen-bond donors (Lipinski definition) is 2. The first-order valence-corrected chi connectivity index (χ1v) is 8.75. The van der Waals surface area contributed by atoms with Crippen molar-refractivity contribution in [1.29, 1.82) is 0 Å². The lowest BCUT2D eigenvalue weighted by Crippen LogP contribution is -2.40. The van der Waals surface area contributed by atoms with E-state index >= 15 is 0 Å². The molecule has 2 aromatic rings. The third kappa shape index (κ3) is 3.24. The molecular weight excluding hydrogens is 362 g/mol. The average Bonchev–Trinajstić information content (AvgIpc) is 3.11. The molecule has 8 heteroatoms. The van der Waals surface area contributed by atoms with Crippen LogP contribution >= 0.6 is 0 Å². The zero-order valence-corrected chi connectivity index (χ0v) is 15.4. The number of carbonyl (C=O) groups excluding carboxylic acids is 2. The van der Waals surface area contributed by atoms with Crippen LogP contribution in [0.4, 0.5) is 11.4 Å². The number of benzene rings is 2. The SMILES string of the molecule is COc1ccccc1C1=NO[C@](C)(C(=O)Nc2ccc3c(c2)OCC(=O)N3)C1. The fourth-order valence-electron chi connectivity index (χ4n) is 3.10. The first-order chi connectivity index (χ1) is 13.5. The van der Waals surface area contributed by atoms with Gasteiger partial charge in [0.2, 0.25) is 5.60 Å². The molecule has 144 valence electrons. The summed E-state index contributed by atoms with van der Waals surface area (Å²) in [4.78, 5) is 29.7. The Morgan fingerprint density at radius 1 is 1.29 bits per heavy atom. The summed E-state index contributed by atoms with van der Waals surface area (Å²) in [5, 5.41) is 9.64. The van der Waals surface area contributed by atoms with Gasteiger partial charge in [-0.15, -0.1) is 0 Å². The topological polar surface area (TPSA) is 98.2 Å². The highest BCUT2D eigenvalue weighted by atomic mass is 16.7. The second-order valence-electron chi connectivity index (χ2n) is 6.74. The molecule has 0 radical (unpaired) electrons. The second-order valence-corrected chi connectivity index (χ2v) is 6.74. The Kier molecular flexibility index (Phi) is 4.38. The molecule has 0 unspecified atom stereocenters. The molecule has 0 saturated carbocycles. The van der Waals surface area contributed by atoms with E-state index in [4.69, 9.17) is 14.3 Å². The van der Waals surface area contributed by atoms with E-state index in [1.807, 2.05) is 24.3 Å². The molecule has 8 nitrogen and oxygen atoms in total. The highest BCUT2D eigenvalue weighted by molar-refractivity contribution is 6.09. The predicted molar refractivity (Wildman–Crippen MR) is 103 cm³/mol. The predicted octanol–water partition coefficient (Wildman–Crippen LogP) is 2.55. The summed E-state index contributed by atoms with van der Waals surface area (Å²) in [5.41, 5.74) is 1.39. The molecule has 0 spiro atoms. The van der Waals surface area contributed by atoms with Crippen molar-refractivity contribution >= 4 is 28.9 Å². The van der Waals surface area contributed by atoms with Crippen molar-refractivity contribution in [3.63, 3.8) is 0 Å². The first-order valence-electron chi connectivity index (χ1n) is 8.75. The second kappa shape index (κ2) is 6.88. The number of nitrogens with one attached hydrogen (secondary N) is 2. The minimum atomic E-state index is -1.15.